The van der Waals surface area contributed by atoms with E-state index < -0.39 is 0 Å². The number of benzene rings is 1. The summed E-state index contributed by atoms with van der Waals surface area (Å²) in [5, 5.41) is 3.47. The number of ether oxygens (including phenoxy) is 2. The molecule has 0 spiro atoms. The number of hydrogen-bond donors (Lipinski definition) is 1. The molecule has 1 unspecified atom stereocenters. The Labute approximate surface area is 140 Å². The molecule has 6 heteroatoms. The van der Waals surface area contributed by atoms with Gasteiger partial charge in [0.05, 0.1) is 12.3 Å². The maximum absolute atomic E-state index is 5.69. The zero-order valence-corrected chi connectivity index (χ0v) is 14.7. The van der Waals surface area contributed by atoms with Crippen molar-refractivity contribution >= 4 is 31.9 Å². The summed E-state index contributed by atoms with van der Waals surface area (Å²) in [5.74, 6) is 1.56. The van der Waals surface area contributed by atoms with Gasteiger partial charge in [0.2, 0.25) is 0 Å². The molecule has 4 nitrogen and oxygen atoms in total. The summed E-state index contributed by atoms with van der Waals surface area (Å²) in [4.78, 5) is 0. The lowest BCUT2D eigenvalue weighted by Crippen LogP contribution is -2.23. The molecule has 112 valence electrons. The van der Waals surface area contributed by atoms with Crippen molar-refractivity contribution in [2.75, 3.05) is 19.8 Å². The third-order valence-corrected chi connectivity index (χ3v) is 4.67. The van der Waals surface area contributed by atoms with E-state index in [2.05, 4.69) is 44.1 Å². The van der Waals surface area contributed by atoms with Crippen LogP contribution < -0.4 is 14.8 Å². The van der Waals surface area contributed by atoms with Gasteiger partial charge >= 0.3 is 0 Å². The van der Waals surface area contributed by atoms with Crippen molar-refractivity contribution in [2.45, 2.75) is 13.0 Å². The zero-order valence-electron chi connectivity index (χ0n) is 11.5. The Morgan fingerprint density at radius 3 is 2.48 bits per heavy atom. The molecule has 0 saturated carbocycles. The number of furan rings is 1. The van der Waals surface area contributed by atoms with Gasteiger partial charge in [-0.15, -0.1) is 0 Å². The van der Waals surface area contributed by atoms with Gasteiger partial charge in [0.1, 0.15) is 13.2 Å². The fourth-order valence-corrected chi connectivity index (χ4v) is 3.42. The molecule has 1 aromatic carbocycles. The fourth-order valence-electron chi connectivity index (χ4n) is 2.40. The smallest absolute Gasteiger partial charge is 0.174 e. The third-order valence-electron chi connectivity index (χ3n) is 3.34. The van der Waals surface area contributed by atoms with Crippen LogP contribution in [0.2, 0.25) is 0 Å². The molecular formula is C15H15Br2NO3. The SMILES string of the molecule is CCNC(c1cc2c(cc1Br)OCCO2)c1ccoc1Br. The lowest BCUT2D eigenvalue weighted by atomic mass is 10.0. The maximum atomic E-state index is 5.69. The van der Waals surface area contributed by atoms with Gasteiger partial charge in [0.25, 0.3) is 0 Å². The Balaban J connectivity index is 2.05. The van der Waals surface area contributed by atoms with Crippen molar-refractivity contribution in [3.63, 3.8) is 0 Å². The zero-order chi connectivity index (χ0) is 14.8. The molecule has 0 aliphatic carbocycles. The van der Waals surface area contributed by atoms with Gasteiger partial charge in [0.15, 0.2) is 16.2 Å². The highest BCUT2D eigenvalue weighted by Gasteiger charge is 2.23. The second-order valence-electron chi connectivity index (χ2n) is 4.66. The first-order valence-corrected chi connectivity index (χ1v) is 8.34. The van der Waals surface area contributed by atoms with Crippen LogP contribution in [0.4, 0.5) is 0 Å². The van der Waals surface area contributed by atoms with E-state index in [1.165, 1.54) is 0 Å². The summed E-state index contributed by atoms with van der Waals surface area (Å²) >= 11 is 7.09. The molecule has 0 bridgehead atoms. The van der Waals surface area contributed by atoms with E-state index in [9.17, 15) is 0 Å². The molecule has 1 aromatic heterocycles. The normalized spacial score (nSPS) is 15.0. The van der Waals surface area contributed by atoms with E-state index in [4.69, 9.17) is 13.9 Å². The predicted molar refractivity (Wildman–Crippen MR) is 87.1 cm³/mol. The van der Waals surface area contributed by atoms with Crippen molar-refractivity contribution in [3.8, 4) is 11.5 Å². The Bertz CT molecular complexity index is 642. The van der Waals surface area contributed by atoms with Gasteiger partial charge in [-0.2, -0.15) is 0 Å². The minimum Gasteiger partial charge on any atom is -0.486 e. The van der Waals surface area contributed by atoms with Crippen molar-refractivity contribution in [3.05, 3.63) is 44.7 Å². The van der Waals surface area contributed by atoms with Crippen LogP contribution in [-0.4, -0.2) is 19.8 Å². The Morgan fingerprint density at radius 2 is 1.86 bits per heavy atom. The maximum Gasteiger partial charge on any atom is 0.174 e. The van der Waals surface area contributed by atoms with Gasteiger partial charge < -0.3 is 19.2 Å². The first kappa shape index (κ1) is 14.9. The summed E-state index contributed by atoms with van der Waals surface area (Å²) < 4.78 is 18.4. The highest BCUT2D eigenvalue weighted by atomic mass is 79.9. The number of halogens is 2. The van der Waals surface area contributed by atoms with Crippen molar-refractivity contribution in [1.82, 2.24) is 5.32 Å². The van der Waals surface area contributed by atoms with E-state index in [1.807, 2.05) is 18.2 Å². The summed E-state index contributed by atoms with van der Waals surface area (Å²) in [7, 11) is 0. The van der Waals surface area contributed by atoms with Crippen LogP contribution in [-0.2, 0) is 0 Å². The molecule has 0 fully saturated rings. The molecular weight excluding hydrogens is 402 g/mol. The van der Waals surface area contributed by atoms with Crippen molar-refractivity contribution in [1.29, 1.82) is 0 Å². The van der Waals surface area contributed by atoms with Crippen LogP contribution in [0.3, 0.4) is 0 Å². The lowest BCUT2D eigenvalue weighted by molar-refractivity contribution is 0.171. The Morgan fingerprint density at radius 1 is 1.14 bits per heavy atom. The predicted octanol–water partition coefficient (Wildman–Crippen LogP) is 4.27. The van der Waals surface area contributed by atoms with Gasteiger partial charge in [-0.05, 0) is 46.2 Å². The molecule has 1 aliphatic heterocycles. The topological polar surface area (TPSA) is 43.6 Å². The lowest BCUT2D eigenvalue weighted by Gasteiger charge is -2.24. The summed E-state index contributed by atoms with van der Waals surface area (Å²) in [6.45, 7) is 4.08. The van der Waals surface area contributed by atoms with Crippen molar-refractivity contribution in [2.24, 2.45) is 0 Å². The number of fused-ring (bicyclic) bond motifs is 1. The van der Waals surface area contributed by atoms with Crippen LogP contribution >= 0.6 is 31.9 Å². The minimum absolute atomic E-state index is 0.00771. The first-order chi connectivity index (χ1) is 10.2. The highest BCUT2D eigenvalue weighted by Crippen LogP contribution is 2.40. The molecule has 0 saturated heterocycles. The minimum atomic E-state index is 0.00771. The summed E-state index contributed by atoms with van der Waals surface area (Å²) in [6.07, 6.45) is 1.68. The molecule has 1 atom stereocenters. The number of rotatable bonds is 4. The van der Waals surface area contributed by atoms with Crippen molar-refractivity contribution < 1.29 is 13.9 Å². The van der Waals surface area contributed by atoms with E-state index in [1.54, 1.807) is 6.26 Å². The van der Waals surface area contributed by atoms with E-state index >= 15 is 0 Å². The average Bonchev–Trinajstić information content (AvgIpc) is 2.90. The number of nitrogens with one attached hydrogen (secondary N) is 1. The van der Waals surface area contributed by atoms with Crippen LogP contribution in [0, 0.1) is 0 Å². The molecule has 1 N–H and O–H groups in total. The second kappa shape index (κ2) is 6.42. The monoisotopic (exact) mass is 415 g/mol. The molecule has 3 rings (SSSR count). The van der Waals surface area contributed by atoms with Gasteiger partial charge in [-0.1, -0.05) is 22.9 Å². The Hall–Kier alpha value is -0.980. The molecule has 21 heavy (non-hydrogen) atoms. The largest absolute Gasteiger partial charge is 0.486 e. The van der Waals surface area contributed by atoms with Crippen LogP contribution in [0.5, 0.6) is 11.5 Å². The molecule has 1 aliphatic rings. The summed E-state index contributed by atoms with van der Waals surface area (Å²) in [6, 6.07) is 5.95. The number of hydrogen-bond acceptors (Lipinski definition) is 4. The third kappa shape index (κ3) is 2.98. The van der Waals surface area contributed by atoms with Crippen LogP contribution in [0.15, 0.2) is 38.0 Å². The standard InChI is InChI=1S/C15H15Br2NO3/c1-2-18-14(9-3-4-21-15(9)17)10-7-12-13(8-11(10)16)20-6-5-19-12/h3-4,7-8,14,18H,2,5-6H2,1H3. The molecule has 0 amide bonds. The average molecular weight is 417 g/mol. The highest BCUT2D eigenvalue weighted by molar-refractivity contribution is 9.10. The van der Waals surface area contributed by atoms with Crippen LogP contribution in [0.1, 0.15) is 24.1 Å². The van der Waals surface area contributed by atoms with Gasteiger partial charge in [-0.3, -0.25) is 0 Å². The summed E-state index contributed by atoms with van der Waals surface area (Å²) in [5.41, 5.74) is 2.14. The first-order valence-electron chi connectivity index (χ1n) is 6.76. The van der Waals surface area contributed by atoms with E-state index in [0.717, 1.165) is 38.3 Å². The quantitative estimate of drug-likeness (QED) is 0.807. The van der Waals surface area contributed by atoms with Crippen LogP contribution in [0.25, 0.3) is 0 Å². The van der Waals surface area contributed by atoms with Gasteiger partial charge in [0, 0.05) is 10.0 Å². The van der Waals surface area contributed by atoms with E-state index in [-0.39, 0.29) is 6.04 Å². The molecule has 2 aromatic rings. The Kier molecular flexibility index (Phi) is 4.57. The second-order valence-corrected chi connectivity index (χ2v) is 6.23. The van der Waals surface area contributed by atoms with Gasteiger partial charge in [-0.25, -0.2) is 0 Å². The van der Waals surface area contributed by atoms with E-state index in [0.29, 0.717) is 13.2 Å². The molecule has 0 radical (unpaired) electrons. The molecule has 2 heterocycles. The fraction of sp³-hybridized carbons (Fsp3) is 0.333.